The zero-order valence-electron chi connectivity index (χ0n) is 35.4. The first kappa shape index (κ1) is 41.6. The number of hydrogen-bond donors (Lipinski definition) is 3. The molecule has 4 amide bonds. The van der Waals surface area contributed by atoms with Crippen LogP contribution in [0.3, 0.4) is 0 Å². The zero-order valence-corrected chi connectivity index (χ0v) is 37.0. The van der Waals surface area contributed by atoms with Gasteiger partial charge < -0.3 is 30.3 Å². The highest BCUT2D eigenvalue weighted by atomic mass is 32.1. The highest BCUT2D eigenvalue weighted by Crippen LogP contribution is 2.33. The molecule has 3 N–H and O–H groups in total. The minimum absolute atomic E-state index is 0.0462. The molecule has 14 heteroatoms. The molecule has 2 fully saturated rings. The summed E-state index contributed by atoms with van der Waals surface area (Å²) >= 11 is 2.70. The first-order valence-electron chi connectivity index (χ1n) is 20.1. The van der Waals surface area contributed by atoms with Gasteiger partial charge in [0.05, 0.1) is 41.6 Å². The van der Waals surface area contributed by atoms with Crippen molar-refractivity contribution in [3.8, 4) is 11.5 Å². The molecule has 3 aromatic carbocycles. The van der Waals surface area contributed by atoms with Crippen molar-refractivity contribution in [2.45, 2.75) is 71.0 Å². The average Bonchev–Trinajstić information content (AvgIpc) is 3.85. The van der Waals surface area contributed by atoms with Crippen molar-refractivity contribution in [1.29, 1.82) is 0 Å². The van der Waals surface area contributed by atoms with E-state index in [0.717, 1.165) is 47.8 Å². The van der Waals surface area contributed by atoms with Gasteiger partial charge in [-0.05, 0) is 82.6 Å². The molecule has 2 unspecified atom stereocenters. The van der Waals surface area contributed by atoms with Crippen LogP contribution in [0.5, 0.6) is 11.5 Å². The topological polar surface area (TPSA) is 152 Å². The maximum absolute atomic E-state index is 12.9. The first-order chi connectivity index (χ1) is 29.0. The lowest BCUT2D eigenvalue weighted by molar-refractivity contribution is -0.144. The summed E-state index contributed by atoms with van der Waals surface area (Å²) in [5.41, 5.74) is 5.33. The fourth-order valence-electron chi connectivity index (χ4n) is 7.22. The van der Waals surface area contributed by atoms with Crippen LogP contribution in [-0.2, 0) is 27.0 Å². The number of carbonyl (C=O) groups is 4. The van der Waals surface area contributed by atoms with Crippen LogP contribution in [0.4, 0.5) is 0 Å². The molecule has 6 heterocycles. The summed E-state index contributed by atoms with van der Waals surface area (Å²) < 4.78 is 10.7. The van der Waals surface area contributed by atoms with Gasteiger partial charge in [0, 0.05) is 46.3 Å². The number of nitrogens with one attached hydrogen (secondary N) is 3. The standard InChI is InChI=1S/C28H29N3O4S.C19H19N3O2S/c1-28(2,3)19-7-9-21-17(11-19)10-18-12-24(36-26(18)30-21)25(32)29-22-15-31(27(22)33)14-16-6-8-20(34-4)13-23(16)35-5;1-19(2,3)12-4-5-13-10(7-12)6-11-8-15(25-18(11)22-13)17(24)21-14-9-20-16(14)23/h6-13,22H,14-15H2,1-5H3,(H,29,32);4-8,14H,9H2,1-3H3,(H,20,23)(H,21,24). The number of fused-ring (bicyclic) bond motifs is 4. The second kappa shape index (κ2) is 16.1. The molecule has 61 heavy (non-hydrogen) atoms. The predicted molar refractivity (Wildman–Crippen MR) is 242 cm³/mol. The zero-order chi connectivity index (χ0) is 43.4. The molecule has 0 saturated carbocycles. The van der Waals surface area contributed by atoms with Gasteiger partial charge in [0.1, 0.15) is 33.2 Å². The summed E-state index contributed by atoms with van der Waals surface area (Å²) in [6.07, 6.45) is 0. The number of carbonyl (C=O) groups excluding carboxylic acids is 4. The summed E-state index contributed by atoms with van der Waals surface area (Å²) in [6, 6.07) is 25.0. The minimum Gasteiger partial charge on any atom is -0.497 e. The van der Waals surface area contributed by atoms with Gasteiger partial charge in [-0.3, -0.25) is 19.2 Å². The maximum Gasteiger partial charge on any atom is 0.262 e. The number of pyridine rings is 2. The van der Waals surface area contributed by atoms with Crippen LogP contribution in [-0.4, -0.2) is 77.9 Å². The normalized spacial score (nSPS) is 16.4. The van der Waals surface area contributed by atoms with Gasteiger partial charge in [0.15, 0.2) is 0 Å². The van der Waals surface area contributed by atoms with Crippen LogP contribution < -0.4 is 25.4 Å². The SMILES string of the molecule is CC(C)(C)c1ccc2nc3sc(C(=O)NC4CNC4=O)cc3cc2c1.COc1ccc(CN2CC(NC(=O)c3cc4cc5cc(C(C)(C)C)ccc5nc4s3)C2=O)c(OC)c1. The summed E-state index contributed by atoms with van der Waals surface area (Å²) in [5, 5.41) is 12.2. The number of thiophene rings is 2. The number of nitrogens with zero attached hydrogens (tertiary/aromatic N) is 3. The lowest BCUT2D eigenvalue weighted by Gasteiger charge is -2.38. The summed E-state index contributed by atoms with van der Waals surface area (Å²) in [4.78, 5) is 63.2. The van der Waals surface area contributed by atoms with Crippen LogP contribution >= 0.6 is 22.7 Å². The first-order valence-corrected chi connectivity index (χ1v) is 21.7. The van der Waals surface area contributed by atoms with Crippen LogP contribution in [0.15, 0.2) is 78.9 Å². The molecule has 314 valence electrons. The lowest BCUT2D eigenvalue weighted by Crippen LogP contribution is -2.63. The van der Waals surface area contributed by atoms with Gasteiger partial charge in [0.25, 0.3) is 11.8 Å². The molecule has 0 bridgehead atoms. The monoisotopic (exact) mass is 856 g/mol. The van der Waals surface area contributed by atoms with E-state index in [1.54, 1.807) is 25.2 Å². The second-order valence-corrected chi connectivity index (χ2v) is 19.6. The fourth-order valence-corrected chi connectivity index (χ4v) is 9.08. The summed E-state index contributed by atoms with van der Waals surface area (Å²) in [7, 11) is 3.18. The van der Waals surface area contributed by atoms with Gasteiger partial charge in [-0.2, -0.15) is 0 Å². The Balaban J connectivity index is 0.000000180. The van der Waals surface area contributed by atoms with Crippen LogP contribution in [0, 0.1) is 0 Å². The molecule has 7 aromatic rings. The number of β-lactam (4-membered cyclic amide) rings is 2. The lowest BCUT2D eigenvalue weighted by atomic mass is 9.86. The van der Waals surface area contributed by atoms with Crippen molar-refractivity contribution in [3.05, 3.63) is 105 Å². The van der Waals surface area contributed by atoms with Crippen molar-refractivity contribution in [2.24, 2.45) is 0 Å². The number of ether oxygens (including phenoxy) is 2. The van der Waals surface area contributed by atoms with Gasteiger partial charge >= 0.3 is 0 Å². The van der Waals surface area contributed by atoms with E-state index >= 15 is 0 Å². The molecular weight excluding hydrogens is 809 g/mol. The van der Waals surface area contributed by atoms with Gasteiger partial charge in [-0.1, -0.05) is 53.7 Å². The van der Waals surface area contributed by atoms with E-state index in [0.29, 0.717) is 40.9 Å². The van der Waals surface area contributed by atoms with Crippen molar-refractivity contribution < 1.29 is 28.7 Å². The minimum atomic E-state index is -0.534. The Morgan fingerprint density at radius 3 is 1.69 bits per heavy atom. The molecule has 12 nitrogen and oxygen atoms in total. The van der Waals surface area contributed by atoms with Crippen LogP contribution in [0.2, 0.25) is 0 Å². The summed E-state index contributed by atoms with van der Waals surface area (Å²) in [5.74, 6) is 0.638. The summed E-state index contributed by atoms with van der Waals surface area (Å²) in [6.45, 7) is 14.5. The maximum atomic E-state index is 12.9. The van der Waals surface area contributed by atoms with E-state index in [4.69, 9.17) is 19.4 Å². The Hall–Kier alpha value is -6.12. The molecule has 0 aliphatic carbocycles. The molecule has 0 spiro atoms. The van der Waals surface area contributed by atoms with E-state index < -0.39 is 12.1 Å². The Bertz CT molecular complexity index is 2890. The van der Waals surface area contributed by atoms with Gasteiger partial charge in [-0.15, -0.1) is 22.7 Å². The van der Waals surface area contributed by atoms with Crippen LogP contribution in [0.1, 0.15) is 77.6 Å². The smallest absolute Gasteiger partial charge is 0.262 e. The van der Waals surface area contributed by atoms with Gasteiger partial charge in [-0.25, -0.2) is 9.97 Å². The molecule has 0 radical (unpaired) electrons. The number of methoxy groups -OCH3 is 2. The van der Waals surface area contributed by atoms with E-state index in [1.807, 2.05) is 36.4 Å². The Morgan fingerprint density at radius 2 is 1.25 bits per heavy atom. The Morgan fingerprint density at radius 1 is 0.705 bits per heavy atom. The van der Waals surface area contributed by atoms with Crippen molar-refractivity contribution in [3.63, 3.8) is 0 Å². The van der Waals surface area contributed by atoms with Gasteiger partial charge in [0.2, 0.25) is 11.8 Å². The third kappa shape index (κ3) is 8.60. The van der Waals surface area contributed by atoms with Crippen molar-refractivity contribution in [1.82, 2.24) is 30.8 Å². The molecule has 2 atom stereocenters. The predicted octanol–water partition coefficient (Wildman–Crippen LogP) is 7.88. The molecule has 2 saturated heterocycles. The van der Waals surface area contributed by atoms with Crippen LogP contribution in [0.25, 0.3) is 42.2 Å². The second-order valence-electron chi connectivity index (χ2n) is 17.5. The molecule has 9 rings (SSSR count). The van der Waals surface area contributed by atoms with E-state index in [1.165, 1.54) is 33.8 Å². The third-order valence-electron chi connectivity index (χ3n) is 11.1. The fraction of sp³-hybridized carbons (Fsp3) is 0.319. The molecule has 2 aliphatic heterocycles. The number of amides is 4. The molecular formula is C47H48N6O6S2. The number of aromatic nitrogens is 2. The van der Waals surface area contributed by atoms with Crippen molar-refractivity contribution >= 4 is 88.5 Å². The van der Waals surface area contributed by atoms with Crippen molar-refractivity contribution in [2.75, 3.05) is 27.3 Å². The Kier molecular flexibility index (Phi) is 10.9. The number of benzene rings is 3. The highest BCUT2D eigenvalue weighted by molar-refractivity contribution is 7.20. The van der Waals surface area contributed by atoms with E-state index in [-0.39, 0.29) is 34.5 Å². The van der Waals surface area contributed by atoms with E-state index in [2.05, 4.69) is 93.9 Å². The third-order valence-corrected chi connectivity index (χ3v) is 13.1. The molecule has 4 aromatic heterocycles. The number of likely N-dealkylation sites (tertiary alicyclic amines) is 1. The Labute approximate surface area is 361 Å². The molecule has 2 aliphatic rings. The number of hydrogen-bond acceptors (Lipinski definition) is 10. The van der Waals surface area contributed by atoms with E-state index in [9.17, 15) is 19.2 Å². The quantitative estimate of drug-likeness (QED) is 0.131. The highest BCUT2D eigenvalue weighted by Gasteiger charge is 2.38. The average molecular weight is 857 g/mol. The number of rotatable bonds is 8. The largest absolute Gasteiger partial charge is 0.497 e.